The Balaban J connectivity index is 1.88. The van der Waals surface area contributed by atoms with Crippen molar-refractivity contribution in [3.05, 3.63) is 0 Å². The molecular formula is C15H29N. The maximum atomic E-state index is 2.80. The quantitative estimate of drug-likeness (QED) is 0.682. The average Bonchev–Trinajstić information content (AvgIpc) is 2.67. The van der Waals surface area contributed by atoms with Crippen molar-refractivity contribution >= 4 is 0 Å². The molecule has 1 heterocycles. The Kier molecular flexibility index (Phi) is 3.94. The summed E-state index contributed by atoms with van der Waals surface area (Å²) in [7, 11) is 0. The zero-order chi connectivity index (χ0) is 11.6. The maximum Gasteiger partial charge on any atom is 0.0144 e. The lowest BCUT2D eigenvalue weighted by Crippen LogP contribution is -2.42. The summed E-state index contributed by atoms with van der Waals surface area (Å²) in [6.45, 7) is 9.99. The van der Waals surface area contributed by atoms with Crippen molar-refractivity contribution in [2.75, 3.05) is 13.1 Å². The molecule has 1 atom stereocenters. The van der Waals surface area contributed by atoms with Gasteiger partial charge in [-0.25, -0.2) is 0 Å². The molecule has 1 nitrogen and oxygen atoms in total. The van der Waals surface area contributed by atoms with E-state index in [-0.39, 0.29) is 0 Å². The van der Waals surface area contributed by atoms with Crippen LogP contribution in [0.1, 0.15) is 65.7 Å². The van der Waals surface area contributed by atoms with E-state index in [2.05, 4.69) is 25.7 Å². The van der Waals surface area contributed by atoms with Crippen LogP contribution in [0.3, 0.4) is 0 Å². The summed E-state index contributed by atoms with van der Waals surface area (Å²) in [5.41, 5.74) is 0.477. The first-order valence-electron chi connectivity index (χ1n) is 7.31. The van der Waals surface area contributed by atoms with E-state index in [1.807, 2.05) is 0 Å². The summed E-state index contributed by atoms with van der Waals surface area (Å²) in [6, 6.07) is 0.842. The van der Waals surface area contributed by atoms with Crippen LogP contribution in [-0.4, -0.2) is 24.0 Å². The van der Waals surface area contributed by atoms with Crippen molar-refractivity contribution < 1.29 is 0 Å². The minimum absolute atomic E-state index is 0.477. The molecular weight excluding hydrogens is 194 g/mol. The van der Waals surface area contributed by atoms with Crippen LogP contribution in [0.2, 0.25) is 0 Å². The molecule has 1 heteroatoms. The monoisotopic (exact) mass is 223 g/mol. The molecule has 2 aliphatic rings. The van der Waals surface area contributed by atoms with Crippen molar-refractivity contribution in [3.63, 3.8) is 0 Å². The van der Waals surface area contributed by atoms with E-state index >= 15 is 0 Å². The number of likely N-dealkylation sites (tertiary alicyclic amines) is 1. The van der Waals surface area contributed by atoms with Crippen LogP contribution < -0.4 is 0 Å². The van der Waals surface area contributed by atoms with E-state index in [0.717, 1.165) is 12.0 Å². The second-order valence-corrected chi connectivity index (χ2v) is 7.02. The van der Waals surface area contributed by atoms with Gasteiger partial charge in [0.2, 0.25) is 0 Å². The molecule has 0 aromatic rings. The third-order valence-electron chi connectivity index (χ3n) is 4.58. The number of hydrogen-bond donors (Lipinski definition) is 0. The summed E-state index contributed by atoms with van der Waals surface area (Å²) in [4.78, 5) is 2.80. The van der Waals surface area contributed by atoms with Crippen LogP contribution in [0.25, 0.3) is 0 Å². The molecule has 0 aromatic carbocycles. The minimum atomic E-state index is 0.477. The van der Waals surface area contributed by atoms with Gasteiger partial charge in [-0.3, -0.25) is 4.90 Å². The van der Waals surface area contributed by atoms with E-state index < -0.39 is 0 Å². The normalized spacial score (nSPS) is 29.8. The number of hydrogen-bond acceptors (Lipinski definition) is 1. The maximum absolute atomic E-state index is 2.80. The van der Waals surface area contributed by atoms with Crippen LogP contribution in [0.15, 0.2) is 0 Å². The molecule has 0 N–H and O–H groups in total. The van der Waals surface area contributed by atoms with Gasteiger partial charge in [0.25, 0.3) is 0 Å². The highest BCUT2D eigenvalue weighted by molar-refractivity contribution is 4.89. The highest BCUT2D eigenvalue weighted by Crippen LogP contribution is 2.34. The molecule has 0 bridgehead atoms. The second-order valence-electron chi connectivity index (χ2n) is 7.02. The first-order chi connectivity index (χ1) is 7.57. The van der Waals surface area contributed by atoms with E-state index in [4.69, 9.17) is 0 Å². The molecule has 0 aromatic heterocycles. The lowest BCUT2D eigenvalue weighted by molar-refractivity contribution is 0.112. The van der Waals surface area contributed by atoms with Crippen LogP contribution in [0.5, 0.6) is 0 Å². The second kappa shape index (κ2) is 5.08. The molecule has 1 aliphatic carbocycles. The molecule has 0 amide bonds. The molecule has 1 saturated heterocycles. The summed E-state index contributed by atoms with van der Waals surface area (Å²) in [5.74, 6) is 1.01. The lowest BCUT2D eigenvalue weighted by Gasteiger charge is -2.37. The zero-order valence-electron chi connectivity index (χ0n) is 11.5. The highest BCUT2D eigenvalue weighted by Gasteiger charge is 2.34. The van der Waals surface area contributed by atoms with Gasteiger partial charge in [0, 0.05) is 12.6 Å². The zero-order valence-corrected chi connectivity index (χ0v) is 11.5. The average molecular weight is 223 g/mol. The van der Waals surface area contributed by atoms with E-state index in [9.17, 15) is 0 Å². The Morgan fingerprint density at radius 1 is 0.938 bits per heavy atom. The van der Waals surface area contributed by atoms with Gasteiger partial charge in [0.1, 0.15) is 0 Å². The Morgan fingerprint density at radius 2 is 1.62 bits per heavy atom. The molecule has 94 valence electrons. The van der Waals surface area contributed by atoms with Crippen LogP contribution in [0, 0.1) is 11.3 Å². The Labute approximate surface area is 102 Å². The third kappa shape index (κ3) is 3.00. The summed E-state index contributed by atoms with van der Waals surface area (Å²) in [5, 5.41) is 0. The minimum Gasteiger partial charge on any atom is -0.300 e. The number of nitrogens with zero attached hydrogens (tertiary/aromatic N) is 1. The van der Waals surface area contributed by atoms with Gasteiger partial charge in [-0.2, -0.15) is 0 Å². The lowest BCUT2D eigenvalue weighted by atomic mass is 9.84. The SMILES string of the molecule is CC(C)(C)[C@@H]1CCCN1CC1CCCCC1. The van der Waals surface area contributed by atoms with Gasteiger partial charge in [-0.05, 0) is 43.6 Å². The largest absolute Gasteiger partial charge is 0.300 e. The van der Waals surface area contributed by atoms with Gasteiger partial charge in [0.05, 0.1) is 0 Å². The smallest absolute Gasteiger partial charge is 0.0144 e. The molecule has 0 spiro atoms. The number of rotatable bonds is 2. The fourth-order valence-electron chi connectivity index (χ4n) is 3.73. The Bertz CT molecular complexity index is 210. The Hall–Kier alpha value is -0.0400. The van der Waals surface area contributed by atoms with E-state index in [1.165, 1.54) is 58.0 Å². The van der Waals surface area contributed by atoms with Gasteiger partial charge >= 0.3 is 0 Å². The Morgan fingerprint density at radius 3 is 2.25 bits per heavy atom. The third-order valence-corrected chi connectivity index (χ3v) is 4.58. The highest BCUT2D eigenvalue weighted by atomic mass is 15.2. The molecule has 2 rings (SSSR count). The molecule has 0 unspecified atom stereocenters. The van der Waals surface area contributed by atoms with Gasteiger partial charge < -0.3 is 0 Å². The van der Waals surface area contributed by atoms with E-state index in [0.29, 0.717) is 5.41 Å². The van der Waals surface area contributed by atoms with Crippen molar-refractivity contribution in [1.29, 1.82) is 0 Å². The topological polar surface area (TPSA) is 3.24 Å². The summed E-state index contributed by atoms with van der Waals surface area (Å²) >= 11 is 0. The molecule has 2 fully saturated rings. The first-order valence-corrected chi connectivity index (χ1v) is 7.31. The first kappa shape index (κ1) is 12.4. The molecule has 1 aliphatic heterocycles. The summed E-state index contributed by atoms with van der Waals surface area (Å²) in [6.07, 6.45) is 10.3. The van der Waals surface area contributed by atoms with Crippen molar-refractivity contribution in [3.8, 4) is 0 Å². The van der Waals surface area contributed by atoms with Crippen molar-refractivity contribution in [2.45, 2.75) is 71.8 Å². The predicted molar refractivity (Wildman–Crippen MR) is 70.6 cm³/mol. The van der Waals surface area contributed by atoms with Crippen molar-refractivity contribution in [1.82, 2.24) is 4.90 Å². The molecule has 0 radical (unpaired) electrons. The van der Waals surface area contributed by atoms with Crippen LogP contribution in [0.4, 0.5) is 0 Å². The van der Waals surface area contributed by atoms with Gasteiger partial charge in [0.15, 0.2) is 0 Å². The standard InChI is InChI=1S/C15H29N/c1-15(2,3)14-10-7-11-16(14)12-13-8-5-4-6-9-13/h13-14H,4-12H2,1-3H3/t14-/m0/s1. The fourth-order valence-corrected chi connectivity index (χ4v) is 3.73. The molecule has 1 saturated carbocycles. The van der Waals surface area contributed by atoms with Crippen LogP contribution in [-0.2, 0) is 0 Å². The van der Waals surface area contributed by atoms with Gasteiger partial charge in [-0.15, -0.1) is 0 Å². The van der Waals surface area contributed by atoms with Crippen LogP contribution >= 0.6 is 0 Å². The van der Waals surface area contributed by atoms with Gasteiger partial charge in [-0.1, -0.05) is 40.0 Å². The molecule has 16 heavy (non-hydrogen) atoms. The van der Waals surface area contributed by atoms with E-state index in [1.54, 1.807) is 0 Å². The van der Waals surface area contributed by atoms with Crippen molar-refractivity contribution in [2.24, 2.45) is 11.3 Å². The summed E-state index contributed by atoms with van der Waals surface area (Å²) < 4.78 is 0. The fraction of sp³-hybridized carbons (Fsp3) is 1.00. The predicted octanol–water partition coefficient (Wildman–Crippen LogP) is 4.08.